The fraction of sp³-hybridized carbons (Fsp3) is 0.348. The summed E-state index contributed by atoms with van der Waals surface area (Å²) in [5, 5.41) is 9.59. The maximum Gasteiger partial charge on any atom is 0.347 e. The molecule has 148 valence electrons. The number of rotatable bonds is 9. The number of aryl methyl sites for hydroxylation is 1. The van der Waals surface area contributed by atoms with Crippen molar-refractivity contribution < 1.29 is 24.2 Å². The molecule has 5 nitrogen and oxygen atoms in total. The Morgan fingerprint density at radius 2 is 1.50 bits per heavy atom. The van der Waals surface area contributed by atoms with Crippen LogP contribution in [0.5, 0.6) is 0 Å². The first-order chi connectivity index (χ1) is 13.5. The Hall–Kier alpha value is -2.95. The third-order valence-electron chi connectivity index (χ3n) is 4.62. The predicted octanol–water partition coefficient (Wildman–Crippen LogP) is 5.07. The van der Waals surface area contributed by atoms with E-state index in [1.807, 2.05) is 6.92 Å². The van der Waals surface area contributed by atoms with Crippen LogP contribution >= 0.6 is 0 Å². The predicted molar refractivity (Wildman–Crippen MR) is 107 cm³/mol. The van der Waals surface area contributed by atoms with Crippen LogP contribution in [0.2, 0.25) is 0 Å². The molecule has 2 aromatic carbocycles. The first-order valence-electron chi connectivity index (χ1n) is 9.69. The van der Waals surface area contributed by atoms with Gasteiger partial charge in [-0.1, -0.05) is 51.0 Å². The van der Waals surface area contributed by atoms with E-state index < -0.39 is 17.9 Å². The highest BCUT2D eigenvalue weighted by Gasteiger charge is 2.26. The first-order valence-corrected chi connectivity index (χ1v) is 9.69. The van der Waals surface area contributed by atoms with Crippen LogP contribution in [0.3, 0.4) is 0 Å². The summed E-state index contributed by atoms with van der Waals surface area (Å²) >= 11 is 0. The smallest absolute Gasteiger partial charge is 0.347 e. The summed E-state index contributed by atoms with van der Waals surface area (Å²) in [6.07, 6.45) is 4.96. The molecule has 0 amide bonds. The van der Waals surface area contributed by atoms with Crippen molar-refractivity contribution in [2.75, 3.05) is 0 Å². The molecule has 0 spiro atoms. The molecule has 2 aromatic rings. The van der Waals surface area contributed by atoms with Gasteiger partial charge >= 0.3 is 17.9 Å². The summed E-state index contributed by atoms with van der Waals surface area (Å²) in [7, 11) is 0. The Balaban J connectivity index is 2.46. The minimum absolute atomic E-state index is 0.00108. The summed E-state index contributed by atoms with van der Waals surface area (Å²) in [5.41, 5.74) is 1.74. The van der Waals surface area contributed by atoms with Gasteiger partial charge in [0.05, 0.1) is 16.7 Å². The van der Waals surface area contributed by atoms with E-state index in [4.69, 9.17) is 4.74 Å². The second kappa shape index (κ2) is 10.4. The highest BCUT2D eigenvalue weighted by Crippen LogP contribution is 2.25. The van der Waals surface area contributed by atoms with E-state index >= 15 is 0 Å². The first kappa shape index (κ1) is 21.4. The van der Waals surface area contributed by atoms with Crippen molar-refractivity contribution in [1.82, 2.24) is 0 Å². The van der Waals surface area contributed by atoms with Gasteiger partial charge < -0.3 is 9.84 Å². The van der Waals surface area contributed by atoms with Crippen LogP contribution in [0.25, 0.3) is 0 Å². The Kier molecular flexibility index (Phi) is 7.93. The number of carboxylic acids is 1. The van der Waals surface area contributed by atoms with Crippen molar-refractivity contribution in [3.8, 4) is 0 Å². The van der Waals surface area contributed by atoms with E-state index in [1.54, 1.807) is 36.4 Å². The minimum Gasteiger partial charge on any atom is -0.478 e. The number of ether oxygens (including phenoxy) is 1. The van der Waals surface area contributed by atoms with Gasteiger partial charge in [-0.3, -0.25) is 0 Å². The third-order valence-corrected chi connectivity index (χ3v) is 4.62. The number of hydrogen-bond donors (Lipinski definition) is 1. The number of carbonyl (C=O) groups excluding carboxylic acids is 2. The fourth-order valence-corrected chi connectivity index (χ4v) is 3.11. The molecule has 0 aliphatic heterocycles. The van der Waals surface area contributed by atoms with Gasteiger partial charge in [-0.25, -0.2) is 14.4 Å². The fourth-order valence-electron chi connectivity index (χ4n) is 3.11. The summed E-state index contributed by atoms with van der Waals surface area (Å²) in [5.74, 6) is -2.91. The molecule has 0 bridgehead atoms. The van der Waals surface area contributed by atoms with E-state index in [0.29, 0.717) is 12.0 Å². The molecule has 0 aliphatic rings. The molecule has 0 fully saturated rings. The Morgan fingerprint density at radius 3 is 2.11 bits per heavy atom. The van der Waals surface area contributed by atoms with E-state index in [-0.39, 0.29) is 16.7 Å². The average molecular weight is 382 g/mol. The maximum absolute atomic E-state index is 12.9. The molecule has 0 unspecified atom stereocenters. The Morgan fingerprint density at radius 1 is 0.857 bits per heavy atom. The highest BCUT2D eigenvalue weighted by atomic mass is 16.6. The van der Waals surface area contributed by atoms with Gasteiger partial charge in [0.1, 0.15) is 0 Å². The zero-order valence-electron chi connectivity index (χ0n) is 16.4. The van der Waals surface area contributed by atoms with E-state index in [9.17, 15) is 19.5 Å². The lowest BCUT2D eigenvalue weighted by molar-refractivity contribution is 0.0391. The highest BCUT2D eigenvalue weighted by molar-refractivity contribution is 6.08. The molecule has 0 aromatic heterocycles. The van der Waals surface area contributed by atoms with E-state index in [2.05, 4.69) is 6.92 Å². The molecule has 0 saturated carbocycles. The van der Waals surface area contributed by atoms with Crippen LogP contribution < -0.4 is 0 Å². The molecular weight excluding hydrogens is 356 g/mol. The average Bonchev–Trinajstić information content (AvgIpc) is 2.70. The Labute approximate surface area is 165 Å². The van der Waals surface area contributed by atoms with Crippen molar-refractivity contribution in [3.63, 3.8) is 0 Å². The number of carboxylic acid groups (broad SMARTS) is 1. The zero-order valence-corrected chi connectivity index (χ0v) is 16.4. The standard InChI is InChI=1S/C23H26O5/c1-3-5-10-16-14-15-19(21(24)25)20(18(16)13-6-4-2)23(27)28-22(26)17-11-8-7-9-12-17/h7-9,11-12,14-15H,3-6,10,13H2,1-2H3,(H,24,25). The lowest BCUT2D eigenvalue weighted by Crippen LogP contribution is -2.19. The van der Waals surface area contributed by atoms with Gasteiger partial charge in [0.25, 0.3) is 0 Å². The molecule has 0 aliphatic carbocycles. The van der Waals surface area contributed by atoms with Crippen molar-refractivity contribution in [3.05, 3.63) is 70.3 Å². The van der Waals surface area contributed by atoms with E-state index in [0.717, 1.165) is 37.7 Å². The summed E-state index contributed by atoms with van der Waals surface area (Å²) in [6, 6.07) is 11.4. The number of unbranched alkanes of at least 4 members (excludes halogenated alkanes) is 2. The molecule has 0 heterocycles. The van der Waals surface area contributed by atoms with Crippen LogP contribution in [-0.4, -0.2) is 23.0 Å². The summed E-state index contributed by atoms with van der Waals surface area (Å²) in [4.78, 5) is 36.9. The normalized spacial score (nSPS) is 10.5. The number of esters is 2. The summed E-state index contributed by atoms with van der Waals surface area (Å²) < 4.78 is 5.05. The molecule has 2 rings (SSSR count). The SMILES string of the molecule is CCCCc1ccc(C(=O)O)c(C(=O)OC(=O)c2ccccc2)c1CCCC. The van der Waals surface area contributed by atoms with Crippen LogP contribution in [0.1, 0.15) is 81.7 Å². The topological polar surface area (TPSA) is 80.7 Å². The molecule has 1 N–H and O–H groups in total. The number of benzene rings is 2. The van der Waals surface area contributed by atoms with Crippen LogP contribution in [0.15, 0.2) is 42.5 Å². The maximum atomic E-state index is 12.9. The van der Waals surface area contributed by atoms with Gasteiger partial charge in [0, 0.05) is 0 Å². The van der Waals surface area contributed by atoms with Crippen molar-refractivity contribution in [1.29, 1.82) is 0 Å². The van der Waals surface area contributed by atoms with Crippen LogP contribution in [0.4, 0.5) is 0 Å². The molecule has 28 heavy (non-hydrogen) atoms. The number of aromatic carboxylic acids is 1. The Bertz CT molecular complexity index is 840. The molecule has 0 radical (unpaired) electrons. The zero-order chi connectivity index (χ0) is 20.5. The van der Waals surface area contributed by atoms with Crippen molar-refractivity contribution in [2.24, 2.45) is 0 Å². The second-order valence-electron chi connectivity index (χ2n) is 6.68. The van der Waals surface area contributed by atoms with Gasteiger partial charge in [-0.2, -0.15) is 0 Å². The largest absolute Gasteiger partial charge is 0.478 e. The second-order valence-corrected chi connectivity index (χ2v) is 6.68. The number of carbonyl (C=O) groups is 3. The molecule has 5 heteroatoms. The van der Waals surface area contributed by atoms with Crippen molar-refractivity contribution >= 4 is 17.9 Å². The lowest BCUT2D eigenvalue weighted by Gasteiger charge is -2.16. The minimum atomic E-state index is -1.21. The summed E-state index contributed by atoms with van der Waals surface area (Å²) in [6.45, 7) is 4.11. The van der Waals surface area contributed by atoms with Gasteiger partial charge in [-0.15, -0.1) is 0 Å². The van der Waals surface area contributed by atoms with Gasteiger partial charge in [-0.05, 0) is 55.0 Å². The third kappa shape index (κ3) is 5.28. The van der Waals surface area contributed by atoms with Crippen molar-refractivity contribution in [2.45, 2.75) is 52.4 Å². The molecule has 0 saturated heterocycles. The number of hydrogen-bond acceptors (Lipinski definition) is 4. The van der Waals surface area contributed by atoms with Gasteiger partial charge in [0.2, 0.25) is 0 Å². The van der Waals surface area contributed by atoms with Crippen LogP contribution in [0, 0.1) is 0 Å². The molecule has 0 atom stereocenters. The van der Waals surface area contributed by atoms with E-state index in [1.165, 1.54) is 6.07 Å². The molecular formula is C23H26O5. The lowest BCUT2D eigenvalue weighted by atomic mass is 9.90. The van der Waals surface area contributed by atoms with Crippen LogP contribution in [-0.2, 0) is 17.6 Å². The van der Waals surface area contributed by atoms with Gasteiger partial charge in [0.15, 0.2) is 0 Å². The quantitative estimate of drug-likeness (QED) is 0.484. The monoisotopic (exact) mass is 382 g/mol.